The number of hydrogen-bond donors (Lipinski definition) is 1. The van der Waals surface area contributed by atoms with Crippen molar-refractivity contribution < 1.29 is 13.5 Å². The van der Waals surface area contributed by atoms with Gasteiger partial charge in [0.1, 0.15) is 0 Å². The topological polar surface area (TPSA) is 21.3 Å². The highest BCUT2D eigenvalue weighted by atomic mass is 19.3. The van der Waals surface area contributed by atoms with Gasteiger partial charge >= 0.3 is 0 Å². The van der Waals surface area contributed by atoms with Crippen LogP contribution < -0.4 is 5.32 Å². The van der Waals surface area contributed by atoms with E-state index in [1.807, 2.05) is 6.07 Å². The van der Waals surface area contributed by atoms with E-state index in [1.54, 1.807) is 19.1 Å². The van der Waals surface area contributed by atoms with Crippen LogP contribution >= 0.6 is 0 Å². The first-order valence-electron chi connectivity index (χ1n) is 5.39. The van der Waals surface area contributed by atoms with E-state index in [1.165, 1.54) is 0 Å². The molecule has 0 aliphatic carbocycles. The fourth-order valence-electron chi connectivity index (χ4n) is 1.87. The van der Waals surface area contributed by atoms with Crippen LogP contribution in [0.15, 0.2) is 18.2 Å². The van der Waals surface area contributed by atoms with Crippen molar-refractivity contribution in [3.63, 3.8) is 0 Å². The Kier molecular flexibility index (Phi) is 3.51. The molecule has 16 heavy (non-hydrogen) atoms. The van der Waals surface area contributed by atoms with E-state index in [2.05, 4.69) is 5.32 Å². The van der Waals surface area contributed by atoms with E-state index in [-0.39, 0.29) is 11.7 Å². The Balaban J connectivity index is 2.24. The van der Waals surface area contributed by atoms with Gasteiger partial charge in [0.25, 0.3) is 6.43 Å². The maximum absolute atomic E-state index is 12.7. The predicted molar refractivity (Wildman–Crippen MR) is 57.7 cm³/mol. The highest BCUT2D eigenvalue weighted by molar-refractivity contribution is 5.33. The molecule has 0 spiro atoms. The Bertz CT molecular complexity index is 362. The first-order chi connectivity index (χ1) is 7.68. The number of hydrogen-bond acceptors (Lipinski definition) is 2. The fraction of sp³-hybridized carbons (Fsp3) is 0.500. The molecule has 0 aromatic heterocycles. The summed E-state index contributed by atoms with van der Waals surface area (Å²) in [5.41, 5.74) is 1.56. The Morgan fingerprint density at radius 3 is 2.88 bits per heavy atom. The summed E-state index contributed by atoms with van der Waals surface area (Å²) in [6, 6.07) is 5.14. The number of halogens is 2. The zero-order chi connectivity index (χ0) is 11.5. The van der Waals surface area contributed by atoms with Crippen LogP contribution in [-0.4, -0.2) is 19.7 Å². The molecule has 1 heterocycles. The average Bonchev–Trinajstić information content (AvgIpc) is 2.30. The molecule has 1 fully saturated rings. The van der Waals surface area contributed by atoms with Gasteiger partial charge in [-0.3, -0.25) is 0 Å². The van der Waals surface area contributed by atoms with Gasteiger partial charge < -0.3 is 10.1 Å². The van der Waals surface area contributed by atoms with Crippen molar-refractivity contribution in [3.8, 4) is 0 Å². The monoisotopic (exact) mass is 227 g/mol. The van der Waals surface area contributed by atoms with Gasteiger partial charge in [-0.1, -0.05) is 12.1 Å². The van der Waals surface area contributed by atoms with Crippen LogP contribution in [-0.2, 0) is 4.74 Å². The maximum Gasteiger partial charge on any atom is 0.264 e. The molecule has 0 saturated carbocycles. The number of rotatable bonds is 2. The van der Waals surface area contributed by atoms with Crippen molar-refractivity contribution in [2.24, 2.45) is 0 Å². The molecular weight excluding hydrogens is 212 g/mol. The third kappa shape index (κ3) is 2.39. The van der Waals surface area contributed by atoms with Gasteiger partial charge in [-0.25, -0.2) is 8.78 Å². The van der Waals surface area contributed by atoms with Crippen molar-refractivity contribution >= 4 is 0 Å². The molecule has 2 nitrogen and oxygen atoms in total. The number of alkyl halides is 2. The Hall–Kier alpha value is -1.00. The normalized spacial score (nSPS) is 21.4. The van der Waals surface area contributed by atoms with Crippen LogP contribution in [0.1, 0.15) is 29.2 Å². The summed E-state index contributed by atoms with van der Waals surface area (Å²) in [7, 11) is 0. The largest absolute Gasteiger partial charge is 0.371 e. The van der Waals surface area contributed by atoms with E-state index in [0.29, 0.717) is 18.7 Å². The molecule has 1 unspecified atom stereocenters. The number of ether oxygens (including phenoxy) is 1. The number of aryl methyl sites for hydroxylation is 1. The highest BCUT2D eigenvalue weighted by Crippen LogP contribution is 2.27. The molecule has 0 amide bonds. The molecule has 1 saturated heterocycles. The summed E-state index contributed by atoms with van der Waals surface area (Å²) >= 11 is 0. The van der Waals surface area contributed by atoms with E-state index in [0.717, 1.165) is 12.1 Å². The molecule has 1 aromatic rings. The summed E-state index contributed by atoms with van der Waals surface area (Å²) in [6.07, 6.45) is -2.52. The predicted octanol–water partition coefficient (Wildman–Crippen LogP) is 2.59. The van der Waals surface area contributed by atoms with Crippen LogP contribution in [0.3, 0.4) is 0 Å². The fourth-order valence-corrected chi connectivity index (χ4v) is 1.87. The smallest absolute Gasteiger partial charge is 0.264 e. The lowest BCUT2D eigenvalue weighted by Crippen LogP contribution is -2.33. The molecule has 1 aliphatic rings. The van der Waals surface area contributed by atoms with Gasteiger partial charge in [0, 0.05) is 18.7 Å². The second kappa shape index (κ2) is 4.89. The van der Waals surface area contributed by atoms with Crippen LogP contribution in [0.4, 0.5) is 8.78 Å². The molecule has 1 atom stereocenters. The molecule has 88 valence electrons. The zero-order valence-electron chi connectivity index (χ0n) is 9.17. The SMILES string of the molecule is Cc1ccc(C2CNCCO2)cc1C(F)F. The van der Waals surface area contributed by atoms with Gasteiger partial charge in [0.05, 0.1) is 12.7 Å². The van der Waals surface area contributed by atoms with Gasteiger partial charge in [0.15, 0.2) is 0 Å². The minimum Gasteiger partial charge on any atom is -0.371 e. The second-order valence-corrected chi connectivity index (χ2v) is 3.98. The first kappa shape index (κ1) is 11.5. The van der Waals surface area contributed by atoms with Gasteiger partial charge in [-0.05, 0) is 24.1 Å². The Labute approximate surface area is 93.6 Å². The molecule has 2 rings (SSSR count). The third-order valence-corrected chi connectivity index (χ3v) is 2.84. The molecule has 0 radical (unpaired) electrons. The lowest BCUT2D eigenvalue weighted by atomic mass is 10.0. The van der Waals surface area contributed by atoms with Crippen LogP contribution in [0, 0.1) is 6.92 Å². The van der Waals surface area contributed by atoms with Gasteiger partial charge in [0.2, 0.25) is 0 Å². The maximum atomic E-state index is 12.7. The Morgan fingerprint density at radius 1 is 1.44 bits per heavy atom. The van der Waals surface area contributed by atoms with Crippen molar-refractivity contribution in [1.29, 1.82) is 0 Å². The standard InChI is InChI=1S/C12H15F2NO/c1-8-2-3-9(6-10(8)12(13)14)11-7-15-4-5-16-11/h2-3,6,11-12,15H,4-5,7H2,1H3. The molecule has 0 bridgehead atoms. The van der Waals surface area contributed by atoms with Crippen molar-refractivity contribution in [2.45, 2.75) is 19.5 Å². The summed E-state index contributed by atoms with van der Waals surface area (Å²) in [5, 5.41) is 3.18. The number of nitrogens with one attached hydrogen (secondary N) is 1. The van der Waals surface area contributed by atoms with E-state index >= 15 is 0 Å². The third-order valence-electron chi connectivity index (χ3n) is 2.84. The highest BCUT2D eigenvalue weighted by Gasteiger charge is 2.18. The average molecular weight is 227 g/mol. The minimum absolute atomic E-state index is 0.103. The van der Waals surface area contributed by atoms with E-state index < -0.39 is 6.43 Å². The van der Waals surface area contributed by atoms with Crippen molar-refractivity contribution in [1.82, 2.24) is 5.32 Å². The van der Waals surface area contributed by atoms with Gasteiger partial charge in [-0.15, -0.1) is 0 Å². The van der Waals surface area contributed by atoms with E-state index in [4.69, 9.17) is 4.74 Å². The summed E-state index contributed by atoms with van der Waals surface area (Å²) < 4.78 is 31.0. The second-order valence-electron chi connectivity index (χ2n) is 3.98. The lowest BCUT2D eigenvalue weighted by Gasteiger charge is -2.24. The molecular formula is C12H15F2NO. The van der Waals surface area contributed by atoms with Crippen LogP contribution in [0.5, 0.6) is 0 Å². The lowest BCUT2D eigenvalue weighted by molar-refractivity contribution is 0.0274. The molecule has 4 heteroatoms. The number of morpholine rings is 1. The summed E-state index contributed by atoms with van der Waals surface area (Å²) in [5.74, 6) is 0. The molecule has 1 aliphatic heterocycles. The first-order valence-corrected chi connectivity index (χ1v) is 5.39. The molecule has 1 N–H and O–H groups in total. The molecule has 1 aromatic carbocycles. The van der Waals surface area contributed by atoms with Crippen LogP contribution in [0.2, 0.25) is 0 Å². The number of benzene rings is 1. The van der Waals surface area contributed by atoms with Crippen molar-refractivity contribution in [3.05, 3.63) is 34.9 Å². The quantitative estimate of drug-likeness (QED) is 0.838. The van der Waals surface area contributed by atoms with Crippen LogP contribution in [0.25, 0.3) is 0 Å². The summed E-state index contributed by atoms with van der Waals surface area (Å²) in [6.45, 7) is 3.84. The Morgan fingerprint density at radius 2 is 2.25 bits per heavy atom. The zero-order valence-corrected chi connectivity index (χ0v) is 9.17. The van der Waals surface area contributed by atoms with Gasteiger partial charge in [-0.2, -0.15) is 0 Å². The van der Waals surface area contributed by atoms with Crippen molar-refractivity contribution in [2.75, 3.05) is 19.7 Å². The minimum atomic E-state index is -2.42. The van der Waals surface area contributed by atoms with E-state index in [9.17, 15) is 8.78 Å². The summed E-state index contributed by atoms with van der Waals surface area (Å²) in [4.78, 5) is 0.